The number of hydrogen-bond donors (Lipinski definition) is 0. The van der Waals surface area contributed by atoms with Crippen molar-refractivity contribution in [1.82, 2.24) is 4.98 Å². The van der Waals surface area contributed by atoms with Gasteiger partial charge >= 0.3 is 0 Å². The first-order chi connectivity index (χ1) is 16.3. The Morgan fingerprint density at radius 1 is 0.647 bits per heavy atom. The zero-order valence-corrected chi connectivity index (χ0v) is 22.1. The quantitative estimate of drug-likeness (QED) is 0.314. The summed E-state index contributed by atoms with van der Waals surface area (Å²) < 4.78 is 0. The van der Waals surface area contributed by atoms with Crippen molar-refractivity contribution in [2.45, 2.75) is 80.1 Å². The Bertz CT molecular complexity index is 1110. The van der Waals surface area contributed by atoms with Gasteiger partial charge in [0.15, 0.2) is 0 Å². The number of aromatic nitrogens is 1. The van der Waals surface area contributed by atoms with Gasteiger partial charge in [-0.2, -0.15) is 0 Å². The highest BCUT2D eigenvalue weighted by Gasteiger charge is 2.13. The van der Waals surface area contributed by atoms with Crippen LogP contribution in [0.2, 0.25) is 0 Å². The van der Waals surface area contributed by atoms with E-state index in [1.807, 2.05) is 12.1 Å². The maximum atomic E-state index is 5.08. The third-order valence-corrected chi connectivity index (χ3v) is 6.36. The molecule has 178 valence electrons. The van der Waals surface area contributed by atoms with Crippen molar-refractivity contribution in [1.29, 1.82) is 0 Å². The average molecular weight is 454 g/mol. The Labute approximate surface area is 206 Å². The lowest BCUT2D eigenvalue weighted by atomic mass is 9.96. The Morgan fingerprint density at radius 2 is 1.03 bits per heavy atom. The third-order valence-electron chi connectivity index (χ3n) is 6.36. The van der Waals surface area contributed by atoms with Crippen LogP contribution in [0.1, 0.15) is 101 Å². The van der Waals surface area contributed by atoms with Gasteiger partial charge in [0.1, 0.15) is 0 Å². The Balaban J connectivity index is 2.05. The Morgan fingerprint density at radius 3 is 1.38 bits per heavy atom. The van der Waals surface area contributed by atoms with Crippen LogP contribution in [0.25, 0.3) is 0 Å². The third kappa shape index (κ3) is 5.70. The van der Waals surface area contributed by atoms with Crippen LogP contribution in [-0.4, -0.2) is 16.4 Å². The van der Waals surface area contributed by atoms with E-state index >= 15 is 0 Å². The number of hydrogen-bond acceptors (Lipinski definition) is 3. The molecule has 0 atom stereocenters. The van der Waals surface area contributed by atoms with E-state index in [1.54, 1.807) is 0 Å². The van der Waals surface area contributed by atoms with E-state index in [-0.39, 0.29) is 0 Å². The van der Waals surface area contributed by atoms with E-state index in [0.717, 1.165) is 47.0 Å². The van der Waals surface area contributed by atoms with E-state index in [2.05, 4.69) is 97.9 Å². The maximum Gasteiger partial charge on any atom is 0.0849 e. The molecule has 3 heteroatoms. The SMILES string of the molecule is CCc1cccc(C(C)C)c1N=C(C)c1cccc(C(C)=Nc2c(CC)cccc2C(C)C)n1. The summed E-state index contributed by atoms with van der Waals surface area (Å²) in [6.45, 7) is 17.4. The highest BCUT2D eigenvalue weighted by molar-refractivity contribution is 6.02. The second-order valence-corrected chi connectivity index (χ2v) is 9.53. The van der Waals surface area contributed by atoms with Crippen LogP contribution in [0, 0.1) is 0 Å². The fraction of sp³-hybridized carbons (Fsp3) is 0.387. The van der Waals surface area contributed by atoms with Crippen LogP contribution in [0.4, 0.5) is 11.4 Å². The van der Waals surface area contributed by atoms with Gasteiger partial charge in [-0.05, 0) is 72.9 Å². The summed E-state index contributed by atoms with van der Waals surface area (Å²) in [6.07, 6.45) is 1.92. The highest BCUT2D eigenvalue weighted by Crippen LogP contribution is 2.33. The molecule has 2 aromatic carbocycles. The first kappa shape index (κ1) is 25.6. The molecule has 34 heavy (non-hydrogen) atoms. The van der Waals surface area contributed by atoms with E-state index in [1.165, 1.54) is 22.3 Å². The van der Waals surface area contributed by atoms with Crippen LogP contribution in [0.5, 0.6) is 0 Å². The molecule has 0 N–H and O–H groups in total. The highest BCUT2D eigenvalue weighted by atomic mass is 14.8. The largest absolute Gasteiger partial charge is 0.251 e. The second-order valence-electron chi connectivity index (χ2n) is 9.53. The minimum absolute atomic E-state index is 0.417. The van der Waals surface area contributed by atoms with Crippen LogP contribution in [-0.2, 0) is 12.8 Å². The van der Waals surface area contributed by atoms with Crippen molar-refractivity contribution < 1.29 is 0 Å². The molecule has 0 bridgehead atoms. The van der Waals surface area contributed by atoms with E-state index in [0.29, 0.717) is 11.8 Å². The van der Waals surface area contributed by atoms with Crippen molar-refractivity contribution in [3.05, 3.63) is 88.2 Å². The van der Waals surface area contributed by atoms with Gasteiger partial charge in [0, 0.05) is 0 Å². The maximum absolute atomic E-state index is 5.08. The van der Waals surface area contributed by atoms with Crippen LogP contribution < -0.4 is 0 Å². The molecule has 3 nitrogen and oxygen atoms in total. The number of nitrogens with zero attached hydrogens (tertiary/aromatic N) is 3. The predicted molar refractivity (Wildman–Crippen MR) is 148 cm³/mol. The van der Waals surface area contributed by atoms with Crippen molar-refractivity contribution in [3.63, 3.8) is 0 Å². The summed E-state index contributed by atoms with van der Waals surface area (Å²) >= 11 is 0. The number of aliphatic imine (C=N–C) groups is 2. The molecule has 0 aliphatic rings. The summed E-state index contributed by atoms with van der Waals surface area (Å²) in [6, 6.07) is 19.1. The summed E-state index contributed by atoms with van der Waals surface area (Å²) in [5, 5.41) is 0. The lowest BCUT2D eigenvalue weighted by Crippen LogP contribution is -2.06. The van der Waals surface area contributed by atoms with Crippen molar-refractivity contribution in [3.8, 4) is 0 Å². The molecule has 1 aromatic heterocycles. The zero-order valence-electron chi connectivity index (χ0n) is 22.1. The molecule has 0 unspecified atom stereocenters. The van der Waals surface area contributed by atoms with Gasteiger partial charge in [-0.15, -0.1) is 0 Å². The molecule has 0 saturated heterocycles. The van der Waals surface area contributed by atoms with Gasteiger partial charge < -0.3 is 0 Å². The average Bonchev–Trinajstić information content (AvgIpc) is 2.83. The summed E-state index contributed by atoms with van der Waals surface area (Å²) in [4.78, 5) is 15.1. The second kappa shape index (κ2) is 11.4. The molecule has 0 radical (unpaired) electrons. The lowest BCUT2D eigenvalue weighted by molar-refractivity contribution is 0.862. The molecule has 0 aliphatic carbocycles. The van der Waals surface area contributed by atoms with Gasteiger partial charge in [0.25, 0.3) is 0 Å². The molecule has 0 spiro atoms. The first-order valence-corrected chi connectivity index (χ1v) is 12.6. The van der Waals surface area contributed by atoms with Crippen LogP contribution in [0.3, 0.4) is 0 Å². The summed E-state index contributed by atoms with van der Waals surface area (Å²) in [5.41, 5.74) is 10.9. The normalized spacial score (nSPS) is 12.6. The predicted octanol–water partition coefficient (Wildman–Crippen LogP) is 8.73. The molecule has 0 amide bonds. The smallest absolute Gasteiger partial charge is 0.0849 e. The van der Waals surface area contributed by atoms with Crippen LogP contribution in [0.15, 0.2) is 64.6 Å². The van der Waals surface area contributed by atoms with E-state index < -0.39 is 0 Å². The Hall–Kier alpha value is -3.07. The summed E-state index contributed by atoms with van der Waals surface area (Å²) in [5.74, 6) is 0.834. The van der Waals surface area contributed by atoms with E-state index in [9.17, 15) is 0 Å². The van der Waals surface area contributed by atoms with E-state index in [4.69, 9.17) is 15.0 Å². The number of para-hydroxylation sites is 2. The number of pyridine rings is 1. The zero-order chi connectivity index (χ0) is 24.8. The molecular formula is C31H39N3. The fourth-order valence-electron chi connectivity index (χ4n) is 4.29. The topological polar surface area (TPSA) is 37.6 Å². The number of rotatable bonds is 8. The molecule has 0 fully saturated rings. The van der Waals surface area contributed by atoms with Gasteiger partial charge in [0.2, 0.25) is 0 Å². The van der Waals surface area contributed by atoms with Crippen molar-refractivity contribution in [2.75, 3.05) is 0 Å². The minimum Gasteiger partial charge on any atom is -0.251 e. The monoisotopic (exact) mass is 453 g/mol. The molecule has 1 heterocycles. The molecule has 3 rings (SSSR count). The fourth-order valence-corrected chi connectivity index (χ4v) is 4.29. The van der Waals surface area contributed by atoms with Gasteiger partial charge in [-0.3, -0.25) is 9.98 Å². The minimum atomic E-state index is 0.417. The molecular weight excluding hydrogens is 414 g/mol. The summed E-state index contributed by atoms with van der Waals surface area (Å²) in [7, 11) is 0. The first-order valence-electron chi connectivity index (χ1n) is 12.6. The van der Waals surface area contributed by atoms with Crippen molar-refractivity contribution in [2.24, 2.45) is 9.98 Å². The number of aryl methyl sites for hydroxylation is 2. The van der Waals surface area contributed by atoms with Gasteiger partial charge in [0.05, 0.1) is 34.2 Å². The lowest BCUT2D eigenvalue weighted by Gasteiger charge is -2.15. The standard InChI is InChI=1S/C31H39N3/c1-9-24-14-11-16-26(20(3)4)30(24)32-22(7)28-18-13-19-29(34-28)23(8)33-31-25(10-2)15-12-17-27(31)21(5)6/h11-21H,9-10H2,1-8H3. The Kier molecular flexibility index (Phi) is 8.55. The van der Waals surface area contributed by atoms with Gasteiger partial charge in [-0.25, -0.2) is 4.98 Å². The number of benzene rings is 2. The molecule has 0 aliphatic heterocycles. The molecule has 3 aromatic rings. The van der Waals surface area contributed by atoms with Gasteiger partial charge in [-0.1, -0.05) is 84.0 Å². The van der Waals surface area contributed by atoms with Crippen LogP contribution >= 0.6 is 0 Å². The molecule has 0 saturated carbocycles. The van der Waals surface area contributed by atoms with Crippen molar-refractivity contribution >= 4 is 22.8 Å².